The van der Waals surface area contributed by atoms with E-state index in [9.17, 15) is 0 Å². The number of hydrogen-bond acceptors (Lipinski definition) is 5. The molecule has 0 unspecified atom stereocenters. The van der Waals surface area contributed by atoms with Gasteiger partial charge in [0.15, 0.2) is 0 Å². The molecular weight excluding hydrogens is 503 g/mol. The van der Waals surface area contributed by atoms with Crippen molar-refractivity contribution in [2.75, 3.05) is 11.6 Å². The molecule has 2 aliphatic heterocycles. The number of thioether (sulfide) groups is 1. The van der Waals surface area contributed by atoms with Crippen molar-refractivity contribution in [1.82, 2.24) is 14.8 Å². The van der Waals surface area contributed by atoms with E-state index in [0.29, 0.717) is 16.7 Å². The predicted molar refractivity (Wildman–Crippen MR) is 131 cm³/mol. The van der Waals surface area contributed by atoms with E-state index in [-0.39, 0.29) is 5.82 Å². The molecule has 5 nitrogen and oxygen atoms in total. The Morgan fingerprint density at radius 2 is 1.79 bits per heavy atom. The Labute approximate surface area is 202 Å². The van der Waals surface area contributed by atoms with Crippen molar-refractivity contribution in [2.24, 2.45) is 0 Å². The fourth-order valence-corrected chi connectivity index (χ4v) is 5.06. The van der Waals surface area contributed by atoms with E-state index in [0.717, 1.165) is 32.6 Å². The van der Waals surface area contributed by atoms with Gasteiger partial charge in [0.1, 0.15) is 23.7 Å². The number of nitrogens with zero attached hydrogens (tertiary/aromatic N) is 3. The van der Waals surface area contributed by atoms with Gasteiger partial charge >= 0.3 is 0 Å². The molecule has 4 aromatic rings. The van der Waals surface area contributed by atoms with E-state index >= 15 is 4.39 Å². The van der Waals surface area contributed by atoms with Crippen LogP contribution >= 0.6 is 27.7 Å². The molecule has 2 atom stereocenters. The SMILES string of the molecule is CSc1nc2n(n1)[C@H](c1ccccc1F)C1=C(N2)c2ccccc2O[C@H]1c1ccc(Br)cc1. The van der Waals surface area contributed by atoms with Crippen LogP contribution < -0.4 is 10.1 Å². The standard InChI is InChI=1S/C25H18BrFN4OS/c1-33-25-29-24-28-21-17-7-3-5-9-19(17)32-23(14-10-12-15(26)13-11-14)20(21)22(31(24)30-25)16-6-2-4-8-18(16)27/h2-13,22-23H,1H3,(H,28,29,30)/t22-,23+/m1/s1. The Kier molecular flexibility index (Phi) is 4.99. The minimum Gasteiger partial charge on any atom is -0.480 e. The number of benzene rings is 3. The van der Waals surface area contributed by atoms with Crippen molar-refractivity contribution in [3.8, 4) is 5.75 Å². The van der Waals surface area contributed by atoms with E-state index in [2.05, 4.69) is 26.2 Å². The largest absolute Gasteiger partial charge is 0.480 e. The molecule has 0 amide bonds. The molecule has 0 spiro atoms. The summed E-state index contributed by atoms with van der Waals surface area (Å²) in [5.74, 6) is 1.05. The number of fused-ring (bicyclic) bond motifs is 3. The summed E-state index contributed by atoms with van der Waals surface area (Å²) in [6.45, 7) is 0. The molecule has 0 saturated carbocycles. The maximum atomic E-state index is 15.2. The van der Waals surface area contributed by atoms with Crippen molar-refractivity contribution in [1.29, 1.82) is 0 Å². The zero-order valence-corrected chi connectivity index (χ0v) is 19.9. The molecule has 0 radical (unpaired) electrons. The Morgan fingerprint density at radius 1 is 1.03 bits per heavy atom. The molecular formula is C25H18BrFN4OS. The molecule has 0 fully saturated rings. The predicted octanol–water partition coefficient (Wildman–Crippen LogP) is 6.46. The van der Waals surface area contributed by atoms with Gasteiger partial charge in [0, 0.05) is 21.2 Å². The van der Waals surface area contributed by atoms with Gasteiger partial charge in [-0.2, -0.15) is 4.98 Å². The third-order valence-corrected chi connectivity index (χ3v) is 6.98. The Bertz CT molecular complexity index is 1400. The average molecular weight is 521 g/mol. The Morgan fingerprint density at radius 3 is 2.58 bits per heavy atom. The molecule has 2 aliphatic rings. The zero-order chi connectivity index (χ0) is 22.5. The number of halogens is 2. The summed E-state index contributed by atoms with van der Waals surface area (Å²) in [5.41, 5.74) is 4.19. The number of aromatic nitrogens is 3. The van der Waals surface area contributed by atoms with Crippen LogP contribution in [0, 0.1) is 5.82 Å². The highest BCUT2D eigenvalue weighted by molar-refractivity contribution is 9.10. The van der Waals surface area contributed by atoms with Crippen molar-refractivity contribution < 1.29 is 9.13 Å². The fourth-order valence-electron chi connectivity index (χ4n) is 4.45. The van der Waals surface area contributed by atoms with Crippen LogP contribution in [0.1, 0.15) is 28.8 Å². The summed E-state index contributed by atoms with van der Waals surface area (Å²) in [4.78, 5) is 4.65. The Hall–Kier alpha value is -3.10. The third-order valence-electron chi connectivity index (χ3n) is 5.92. The normalized spacial score (nSPS) is 18.6. The van der Waals surface area contributed by atoms with E-state index in [4.69, 9.17) is 9.84 Å². The Balaban J connectivity index is 1.65. The lowest BCUT2D eigenvalue weighted by Crippen LogP contribution is -2.32. The zero-order valence-electron chi connectivity index (χ0n) is 17.5. The van der Waals surface area contributed by atoms with Crippen molar-refractivity contribution in [3.63, 3.8) is 0 Å². The van der Waals surface area contributed by atoms with E-state index < -0.39 is 12.1 Å². The topological polar surface area (TPSA) is 52.0 Å². The maximum Gasteiger partial charge on any atom is 0.227 e. The smallest absolute Gasteiger partial charge is 0.227 e. The van der Waals surface area contributed by atoms with Gasteiger partial charge in [-0.1, -0.05) is 70.2 Å². The van der Waals surface area contributed by atoms with Gasteiger partial charge in [0.25, 0.3) is 0 Å². The minimum atomic E-state index is -0.521. The van der Waals surface area contributed by atoms with Crippen LogP contribution in [0.5, 0.6) is 5.75 Å². The molecule has 0 saturated heterocycles. The maximum absolute atomic E-state index is 15.2. The molecule has 1 N–H and O–H groups in total. The van der Waals surface area contributed by atoms with Crippen LogP contribution in [0.15, 0.2) is 88.0 Å². The van der Waals surface area contributed by atoms with Gasteiger partial charge in [-0.05, 0) is 42.2 Å². The summed E-state index contributed by atoms with van der Waals surface area (Å²) < 4.78 is 24.6. The van der Waals surface area contributed by atoms with Crippen LogP contribution in [0.2, 0.25) is 0 Å². The first-order chi connectivity index (χ1) is 16.1. The average Bonchev–Trinajstić information content (AvgIpc) is 3.26. The lowest BCUT2D eigenvalue weighted by molar-refractivity contribution is 0.222. The second-order valence-corrected chi connectivity index (χ2v) is 9.48. The van der Waals surface area contributed by atoms with Gasteiger partial charge in [0.05, 0.1) is 5.70 Å². The van der Waals surface area contributed by atoms with Gasteiger partial charge in [-0.3, -0.25) is 0 Å². The lowest BCUT2D eigenvalue weighted by Gasteiger charge is -2.39. The summed E-state index contributed by atoms with van der Waals surface area (Å²) in [6.07, 6.45) is 1.49. The summed E-state index contributed by atoms with van der Waals surface area (Å²) in [5, 5.41) is 8.80. The molecule has 0 aliphatic carbocycles. The molecule has 1 aromatic heterocycles. The molecule has 0 bridgehead atoms. The number of rotatable bonds is 3. The van der Waals surface area contributed by atoms with Crippen LogP contribution in [0.25, 0.3) is 5.70 Å². The van der Waals surface area contributed by atoms with Crippen LogP contribution in [0.3, 0.4) is 0 Å². The molecule has 8 heteroatoms. The summed E-state index contributed by atoms with van der Waals surface area (Å²) in [7, 11) is 0. The summed E-state index contributed by atoms with van der Waals surface area (Å²) >= 11 is 4.96. The first-order valence-corrected chi connectivity index (χ1v) is 12.4. The summed E-state index contributed by atoms with van der Waals surface area (Å²) in [6, 6.07) is 22.2. The number of nitrogens with one attached hydrogen (secondary N) is 1. The van der Waals surface area contributed by atoms with E-state index in [1.807, 2.05) is 60.9 Å². The number of ether oxygens (including phenoxy) is 1. The van der Waals surface area contributed by atoms with Crippen molar-refractivity contribution >= 4 is 39.3 Å². The first-order valence-electron chi connectivity index (χ1n) is 10.4. The second-order valence-electron chi connectivity index (χ2n) is 7.79. The fraction of sp³-hybridized carbons (Fsp3) is 0.120. The monoisotopic (exact) mass is 520 g/mol. The third kappa shape index (κ3) is 3.36. The quantitative estimate of drug-likeness (QED) is 0.314. The van der Waals surface area contributed by atoms with Gasteiger partial charge in [0.2, 0.25) is 11.1 Å². The van der Waals surface area contributed by atoms with Gasteiger partial charge in [-0.15, -0.1) is 5.10 Å². The number of anilines is 1. The highest BCUT2D eigenvalue weighted by atomic mass is 79.9. The van der Waals surface area contributed by atoms with Crippen LogP contribution in [-0.4, -0.2) is 21.0 Å². The highest BCUT2D eigenvalue weighted by Crippen LogP contribution is 2.51. The highest BCUT2D eigenvalue weighted by Gasteiger charge is 2.42. The van der Waals surface area contributed by atoms with E-state index in [1.54, 1.807) is 16.8 Å². The van der Waals surface area contributed by atoms with Gasteiger partial charge < -0.3 is 10.1 Å². The molecule has 3 heterocycles. The van der Waals surface area contributed by atoms with E-state index in [1.165, 1.54) is 17.8 Å². The second kappa shape index (κ2) is 8.04. The molecule has 3 aromatic carbocycles. The molecule has 164 valence electrons. The minimum absolute atomic E-state index is 0.295. The van der Waals surface area contributed by atoms with Crippen LogP contribution in [0.4, 0.5) is 10.3 Å². The van der Waals surface area contributed by atoms with Gasteiger partial charge in [-0.25, -0.2) is 9.07 Å². The van der Waals surface area contributed by atoms with Crippen molar-refractivity contribution in [3.05, 3.63) is 105 Å². The van der Waals surface area contributed by atoms with Crippen LogP contribution in [-0.2, 0) is 0 Å². The lowest BCUT2D eigenvalue weighted by atomic mass is 9.84. The molecule has 33 heavy (non-hydrogen) atoms. The number of para-hydroxylation sites is 1. The molecule has 6 rings (SSSR count). The number of hydrogen-bond donors (Lipinski definition) is 1. The van der Waals surface area contributed by atoms with Crippen molar-refractivity contribution in [2.45, 2.75) is 17.3 Å². The first kappa shape index (κ1) is 20.5.